The largest absolute Gasteiger partial charge is 0.390 e. The molecule has 1 aliphatic carbocycles. The Labute approximate surface area is 109 Å². The Hall–Kier alpha value is -1.27. The van der Waals surface area contributed by atoms with Gasteiger partial charge in [-0.05, 0) is 12.8 Å². The highest BCUT2D eigenvalue weighted by Crippen LogP contribution is 2.35. The smallest absolute Gasteiger partial charge is 0.211 e. The Bertz CT molecular complexity index is 502. The summed E-state index contributed by atoms with van der Waals surface area (Å²) >= 11 is 1.55. The molecule has 2 aromatic rings. The van der Waals surface area contributed by atoms with Crippen LogP contribution in [0.3, 0.4) is 0 Å². The molecule has 0 spiro atoms. The molecular formula is C12H16N4OS. The lowest BCUT2D eigenvalue weighted by atomic mass is 9.86. The van der Waals surface area contributed by atoms with Crippen molar-refractivity contribution in [2.75, 3.05) is 0 Å². The van der Waals surface area contributed by atoms with Gasteiger partial charge in [0, 0.05) is 17.5 Å². The molecule has 0 radical (unpaired) electrons. The summed E-state index contributed by atoms with van der Waals surface area (Å²) in [6.07, 6.45) is 7.89. The van der Waals surface area contributed by atoms with Gasteiger partial charge in [0.15, 0.2) is 0 Å². The monoisotopic (exact) mass is 264 g/mol. The van der Waals surface area contributed by atoms with Crippen LogP contribution in [-0.4, -0.2) is 25.1 Å². The van der Waals surface area contributed by atoms with Crippen molar-refractivity contribution in [3.63, 3.8) is 0 Å². The van der Waals surface area contributed by atoms with Crippen molar-refractivity contribution in [1.29, 1.82) is 0 Å². The van der Waals surface area contributed by atoms with Crippen LogP contribution in [0.2, 0.25) is 0 Å². The number of thiazole rings is 1. The van der Waals surface area contributed by atoms with Crippen LogP contribution >= 0.6 is 11.3 Å². The molecule has 0 aliphatic heterocycles. The minimum atomic E-state index is -0.0444. The van der Waals surface area contributed by atoms with E-state index < -0.39 is 0 Å². The number of nitrogens with zero attached hydrogens (tertiary/aromatic N) is 4. The molecule has 3 rings (SSSR count). The van der Waals surface area contributed by atoms with Gasteiger partial charge in [-0.15, -0.1) is 16.4 Å². The summed E-state index contributed by atoms with van der Waals surface area (Å²) < 4.78 is 1.81. The summed E-state index contributed by atoms with van der Waals surface area (Å²) in [4.78, 5) is 4.29. The summed E-state index contributed by atoms with van der Waals surface area (Å²) in [5, 5.41) is 20.4. The van der Waals surface area contributed by atoms with Gasteiger partial charge < -0.3 is 5.11 Å². The third kappa shape index (κ3) is 2.06. The van der Waals surface area contributed by atoms with E-state index in [1.807, 2.05) is 10.1 Å². The van der Waals surface area contributed by atoms with Crippen LogP contribution in [0.1, 0.15) is 49.4 Å². The van der Waals surface area contributed by atoms with Gasteiger partial charge in [-0.2, -0.15) is 4.68 Å². The molecule has 1 N–H and O–H groups in total. The number of aromatic nitrogens is 4. The zero-order valence-corrected chi connectivity index (χ0v) is 10.9. The lowest BCUT2D eigenvalue weighted by Gasteiger charge is -2.22. The zero-order valence-electron chi connectivity index (χ0n) is 10.1. The first-order valence-electron chi connectivity index (χ1n) is 6.35. The van der Waals surface area contributed by atoms with E-state index in [9.17, 15) is 5.11 Å². The number of hydrogen-bond acceptors (Lipinski definition) is 5. The van der Waals surface area contributed by atoms with Crippen molar-refractivity contribution in [3.8, 4) is 5.13 Å². The average Bonchev–Trinajstić information content (AvgIpc) is 3.08. The van der Waals surface area contributed by atoms with E-state index in [0.29, 0.717) is 11.6 Å². The fourth-order valence-electron chi connectivity index (χ4n) is 2.68. The molecule has 2 aromatic heterocycles. The van der Waals surface area contributed by atoms with Gasteiger partial charge in [-0.3, -0.25) is 0 Å². The molecular weight excluding hydrogens is 248 g/mol. The highest BCUT2D eigenvalue weighted by Gasteiger charge is 2.25. The predicted molar refractivity (Wildman–Crippen MR) is 68.8 cm³/mol. The van der Waals surface area contributed by atoms with E-state index in [1.54, 1.807) is 17.5 Å². The van der Waals surface area contributed by atoms with Gasteiger partial charge in [-0.25, -0.2) is 4.98 Å². The number of rotatable bonds is 3. The second-order valence-electron chi connectivity index (χ2n) is 4.64. The molecule has 0 amide bonds. The summed E-state index contributed by atoms with van der Waals surface area (Å²) in [6.45, 7) is -0.0444. The second kappa shape index (κ2) is 5.16. The first kappa shape index (κ1) is 11.8. The van der Waals surface area contributed by atoms with Gasteiger partial charge >= 0.3 is 0 Å². The Kier molecular flexibility index (Phi) is 3.38. The molecule has 0 bridgehead atoms. The summed E-state index contributed by atoms with van der Waals surface area (Å²) in [6, 6.07) is 0. The first-order valence-corrected chi connectivity index (χ1v) is 7.23. The molecule has 1 fully saturated rings. The van der Waals surface area contributed by atoms with Gasteiger partial charge in [0.25, 0.3) is 0 Å². The lowest BCUT2D eigenvalue weighted by molar-refractivity contribution is 0.273. The van der Waals surface area contributed by atoms with Crippen molar-refractivity contribution in [2.45, 2.75) is 44.6 Å². The topological polar surface area (TPSA) is 63.8 Å². The minimum absolute atomic E-state index is 0.0444. The van der Waals surface area contributed by atoms with Crippen molar-refractivity contribution < 1.29 is 5.11 Å². The van der Waals surface area contributed by atoms with Gasteiger partial charge in [0.1, 0.15) is 5.69 Å². The summed E-state index contributed by atoms with van der Waals surface area (Å²) in [5.74, 6) is 0.458. The Morgan fingerprint density at radius 2 is 2.17 bits per heavy atom. The Morgan fingerprint density at radius 1 is 1.33 bits per heavy atom. The standard InChI is InChI=1S/C12H16N4OS/c17-8-10-11(9-4-2-1-3-5-9)16(15-14-10)12-13-6-7-18-12/h6-7,9,17H,1-5,8H2. The Balaban J connectivity index is 2.01. The maximum atomic E-state index is 9.43. The molecule has 0 atom stereocenters. The van der Waals surface area contributed by atoms with Gasteiger partial charge in [0.2, 0.25) is 5.13 Å². The minimum Gasteiger partial charge on any atom is -0.390 e. The molecule has 5 nitrogen and oxygen atoms in total. The van der Waals surface area contributed by atoms with E-state index in [2.05, 4.69) is 15.3 Å². The van der Waals surface area contributed by atoms with Crippen LogP contribution < -0.4 is 0 Å². The van der Waals surface area contributed by atoms with E-state index in [1.165, 1.54) is 19.3 Å². The fraction of sp³-hybridized carbons (Fsp3) is 0.583. The molecule has 96 valence electrons. The van der Waals surface area contributed by atoms with Crippen LogP contribution in [0, 0.1) is 0 Å². The van der Waals surface area contributed by atoms with E-state index in [0.717, 1.165) is 23.7 Å². The first-order chi connectivity index (χ1) is 8.90. The molecule has 0 saturated heterocycles. The highest BCUT2D eigenvalue weighted by atomic mass is 32.1. The molecule has 1 saturated carbocycles. The van der Waals surface area contributed by atoms with Crippen LogP contribution in [0.25, 0.3) is 5.13 Å². The summed E-state index contributed by atoms with van der Waals surface area (Å²) in [7, 11) is 0. The number of hydrogen-bond donors (Lipinski definition) is 1. The summed E-state index contributed by atoms with van der Waals surface area (Å²) in [5.41, 5.74) is 1.77. The van der Waals surface area contributed by atoms with Gasteiger partial charge in [-0.1, -0.05) is 24.5 Å². The number of aliphatic hydroxyl groups excluding tert-OH is 1. The quantitative estimate of drug-likeness (QED) is 0.923. The maximum absolute atomic E-state index is 9.43. The van der Waals surface area contributed by atoms with Crippen molar-refractivity contribution in [3.05, 3.63) is 23.0 Å². The zero-order chi connectivity index (χ0) is 12.4. The van der Waals surface area contributed by atoms with E-state index in [4.69, 9.17) is 0 Å². The average molecular weight is 264 g/mol. The third-order valence-corrected chi connectivity index (χ3v) is 4.27. The van der Waals surface area contributed by atoms with Crippen LogP contribution in [0.5, 0.6) is 0 Å². The second-order valence-corrected chi connectivity index (χ2v) is 5.51. The molecule has 0 aromatic carbocycles. The molecule has 6 heteroatoms. The van der Waals surface area contributed by atoms with Crippen LogP contribution in [0.15, 0.2) is 11.6 Å². The van der Waals surface area contributed by atoms with E-state index >= 15 is 0 Å². The molecule has 0 unspecified atom stereocenters. The van der Waals surface area contributed by atoms with Crippen molar-refractivity contribution in [2.24, 2.45) is 0 Å². The SMILES string of the molecule is OCc1nnn(-c2nccs2)c1C1CCCCC1. The fourth-order valence-corrected chi connectivity index (χ4v) is 3.28. The van der Waals surface area contributed by atoms with Crippen molar-refractivity contribution in [1.82, 2.24) is 20.0 Å². The highest BCUT2D eigenvalue weighted by molar-refractivity contribution is 7.12. The lowest BCUT2D eigenvalue weighted by Crippen LogP contribution is -2.12. The Morgan fingerprint density at radius 3 is 2.83 bits per heavy atom. The third-order valence-electron chi connectivity index (χ3n) is 3.52. The predicted octanol–water partition coefficient (Wildman–Crippen LogP) is 2.26. The maximum Gasteiger partial charge on any atom is 0.211 e. The van der Waals surface area contributed by atoms with Crippen molar-refractivity contribution >= 4 is 11.3 Å². The van der Waals surface area contributed by atoms with E-state index in [-0.39, 0.29) is 6.61 Å². The normalized spacial score (nSPS) is 17.2. The van der Waals surface area contributed by atoms with Gasteiger partial charge in [0.05, 0.1) is 12.3 Å². The number of aliphatic hydroxyl groups is 1. The molecule has 2 heterocycles. The van der Waals surface area contributed by atoms with Crippen LogP contribution in [0.4, 0.5) is 0 Å². The van der Waals surface area contributed by atoms with Crippen LogP contribution in [-0.2, 0) is 6.61 Å². The molecule has 18 heavy (non-hydrogen) atoms. The molecule has 1 aliphatic rings.